The molecule has 0 atom stereocenters. The molecule has 2 aromatic carbocycles. The molecule has 1 aliphatic carbocycles. The maximum absolute atomic E-state index is 6.00. The third-order valence-electron chi connectivity index (χ3n) is 5.29. The molecule has 0 aliphatic heterocycles. The predicted octanol–water partition coefficient (Wildman–Crippen LogP) is 4.12. The van der Waals surface area contributed by atoms with Crippen LogP contribution in [0.4, 0.5) is 0 Å². The second-order valence-corrected chi connectivity index (χ2v) is 7.51. The Morgan fingerprint density at radius 2 is 1.90 bits per heavy atom. The van der Waals surface area contributed by atoms with Gasteiger partial charge >= 0.3 is 0 Å². The van der Waals surface area contributed by atoms with Crippen molar-refractivity contribution in [2.24, 2.45) is 10.9 Å². The summed E-state index contributed by atoms with van der Waals surface area (Å²) in [4.78, 5) is 8.98. The van der Waals surface area contributed by atoms with Crippen molar-refractivity contribution in [3.8, 4) is 5.75 Å². The van der Waals surface area contributed by atoms with Crippen molar-refractivity contribution in [3.05, 3.63) is 59.9 Å². The summed E-state index contributed by atoms with van der Waals surface area (Å²) in [6.45, 7) is 5.14. The lowest BCUT2D eigenvalue weighted by Crippen LogP contribution is -2.38. The predicted molar refractivity (Wildman–Crippen MR) is 133 cm³/mol. The number of hydrogen-bond donors (Lipinski definition) is 2. The number of aliphatic imine (C=N–C) groups is 1. The molecule has 1 aliphatic rings. The largest absolute Gasteiger partial charge is 0.493 e. The van der Waals surface area contributed by atoms with Gasteiger partial charge in [-0.1, -0.05) is 30.3 Å². The van der Waals surface area contributed by atoms with E-state index in [1.165, 1.54) is 12.8 Å². The minimum atomic E-state index is 0. The number of ether oxygens (including phenoxy) is 1. The number of halogens is 1. The van der Waals surface area contributed by atoms with Crippen LogP contribution in [0, 0.1) is 12.8 Å². The van der Waals surface area contributed by atoms with Crippen LogP contribution in [0.25, 0.3) is 11.0 Å². The average Bonchev–Trinajstić information content (AvgIpc) is 3.52. The van der Waals surface area contributed by atoms with E-state index >= 15 is 0 Å². The summed E-state index contributed by atoms with van der Waals surface area (Å²) in [5, 5.41) is 6.79. The van der Waals surface area contributed by atoms with Crippen molar-refractivity contribution in [1.82, 2.24) is 20.2 Å². The van der Waals surface area contributed by atoms with E-state index in [9.17, 15) is 0 Å². The van der Waals surface area contributed by atoms with Gasteiger partial charge in [-0.2, -0.15) is 0 Å². The zero-order valence-corrected chi connectivity index (χ0v) is 19.9. The molecule has 0 bridgehead atoms. The quantitative estimate of drug-likeness (QED) is 0.267. The van der Waals surface area contributed by atoms with E-state index < -0.39 is 0 Å². The van der Waals surface area contributed by atoms with E-state index in [1.807, 2.05) is 31.2 Å². The number of guanidine groups is 1. The number of aromatic nitrogens is 2. The van der Waals surface area contributed by atoms with E-state index in [4.69, 9.17) is 4.74 Å². The van der Waals surface area contributed by atoms with E-state index in [2.05, 4.69) is 49.4 Å². The maximum atomic E-state index is 6.00. The smallest absolute Gasteiger partial charge is 0.191 e. The van der Waals surface area contributed by atoms with Crippen LogP contribution in [-0.2, 0) is 13.1 Å². The van der Waals surface area contributed by atoms with Crippen molar-refractivity contribution in [2.75, 3.05) is 20.2 Å². The molecule has 160 valence electrons. The van der Waals surface area contributed by atoms with Gasteiger partial charge in [-0.25, -0.2) is 4.98 Å². The van der Waals surface area contributed by atoms with Crippen molar-refractivity contribution >= 4 is 41.0 Å². The van der Waals surface area contributed by atoms with Crippen molar-refractivity contribution < 1.29 is 4.74 Å². The lowest BCUT2D eigenvalue weighted by molar-refractivity contribution is 0.296. The van der Waals surface area contributed by atoms with Crippen molar-refractivity contribution in [1.29, 1.82) is 0 Å². The van der Waals surface area contributed by atoms with Gasteiger partial charge in [0.05, 0.1) is 17.6 Å². The monoisotopic (exact) mass is 519 g/mol. The van der Waals surface area contributed by atoms with Crippen LogP contribution < -0.4 is 15.4 Å². The zero-order valence-electron chi connectivity index (χ0n) is 17.6. The summed E-state index contributed by atoms with van der Waals surface area (Å²) >= 11 is 0. The molecule has 0 saturated heterocycles. The lowest BCUT2D eigenvalue weighted by Gasteiger charge is -2.15. The van der Waals surface area contributed by atoms with Crippen LogP contribution in [-0.4, -0.2) is 35.7 Å². The SMILES string of the molecule is CN=C(NCCn1c(C)nc2ccccc21)NCc1ccccc1OCC1CC1.I. The fraction of sp³-hybridized carbons (Fsp3) is 0.391. The summed E-state index contributed by atoms with van der Waals surface area (Å²) in [5.74, 6) is 3.51. The summed E-state index contributed by atoms with van der Waals surface area (Å²) < 4.78 is 8.23. The molecule has 0 radical (unpaired) electrons. The summed E-state index contributed by atoms with van der Waals surface area (Å²) in [6, 6.07) is 16.5. The second kappa shape index (κ2) is 10.7. The molecule has 1 heterocycles. The fourth-order valence-electron chi connectivity index (χ4n) is 3.45. The molecule has 6 nitrogen and oxygen atoms in total. The molecule has 1 saturated carbocycles. The van der Waals surface area contributed by atoms with E-state index in [0.29, 0.717) is 6.54 Å². The molecule has 0 spiro atoms. The van der Waals surface area contributed by atoms with E-state index in [1.54, 1.807) is 7.05 Å². The number of aryl methyl sites for hydroxylation is 1. The normalized spacial score (nSPS) is 13.7. The minimum absolute atomic E-state index is 0. The van der Waals surface area contributed by atoms with Gasteiger partial charge in [0.15, 0.2) is 5.96 Å². The summed E-state index contributed by atoms with van der Waals surface area (Å²) in [7, 11) is 1.79. The van der Waals surface area contributed by atoms with Gasteiger partial charge in [0.25, 0.3) is 0 Å². The summed E-state index contributed by atoms with van der Waals surface area (Å²) in [6.07, 6.45) is 2.59. The van der Waals surface area contributed by atoms with Gasteiger partial charge < -0.3 is 19.9 Å². The van der Waals surface area contributed by atoms with Gasteiger partial charge in [-0.3, -0.25) is 4.99 Å². The minimum Gasteiger partial charge on any atom is -0.493 e. The van der Waals surface area contributed by atoms with Crippen LogP contribution in [0.3, 0.4) is 0 Å². The van der Waals surface area contributed by atoms with Gasteiger partial charge in [-0.15, -0.1) is 24.0 Å². The topological polar surface area (TPSA) is 63.5 Å². The van der Waals surface area contributed by atoms with Gasteiger partial charge in [-0.05, 0) is 43.9 Å². The molecule has 30 heavy (non-hydrogen) atoms. The van der Waals surface area contributed by atoms with E-state index in [0.717, 1.165) is 59.7 Å². The summed E-state index contributed by atoms with van der Waals surface area (Å²) in [5.41, 5.74) is 3.35. The highest BCUT2D eigenvalue weighted by Gasteiger charge is 2.22. The van der Waals surface area contributed by atoms with Crippen molar-refractivity contribution in [3.63, 3.8) is 0 Å². The first-order valence-corrected chi connectivity index (χ1v) is 10.3. The highest BCUT2D eigenvalue weighted by atomic mass is 127. The van der Waals surface area contributed by atoms with Crippen LogP contribution in [0.5, 0.6) is 5.75 Å². The van der Waals surface area contributed by atoms with Crippen LogP contribution in [0.15, 0.2) is 53.5 Å². The highest BCUT2D eigenvalue weighted by Crippen LogP contribution is 2.30. The standard InChI is InChI=1S/C23H29N5O.HI/c1-17-27-20-8-4-5-9-21(20)28(17)14-13-25-23(24-2)26-15-19-7-3-6-10-22(19)29-16-18-11-12-18;/h3-10,18H,11-16H2,1-2H3,(H2,24,25,26);1H. The van der Waals surface area contributed by atoms with Crippen LogP contribution >= 0.6 is 24.0 Å². The zero-order chi connectivity index (χ0) is 20.1. The van der Waals surface area contributed by atoms with Crippen LogP contribution in [0.1, 0.15) is 24.2 Å². The maximum Gasteiger partial charge on any atom is 0.191 e. The molecule has 1 fully saturated rings. The Hall–Kier alpha value is -2.29. The Morgan fingerprint density at radius 3 is 2.70 bits per heavy atom. The number of para-hydroxylation sites is 3. The first kappa shape index (κ1) is 22.4. The molecule has 0 unspecified atom stereocenters. The van der Waals surface area contributed by atoms with Gasteiger partial charge in [0.2, 0.25) is 0 Å². The molecular formula is C23H30IN5O. The molecule has 2 N–H and O–H groups in total. The molecule has 1 aromatic heterocycles. The number of benzene rings is 2. The van der Waals surface area contributed by atoms with Crippen LogP contribution in [0.2, 0.25) is 0 Å². The Kier molecular flexibility index (Phi) is 7.95. The van der Waals surface area contributed by atoms with Gasteiger partial charge in [0.1, 0.15) is 11.6 Å². The molecular weight excluding hydrogens is 489 g/mol. The molecule has 7 heteroatoms. The third-order valence-corrected chi connectivity index (χ3v) is 5.29. The lowest BCUT2D eigenvalue weighted by atomic mass is 10.2. The molecule has 4 rings (SSSR count). The highest BCUT2D eigenvalue weighted by molar-refractivity contribution is 14.0. The average molecular weight is 519 g/mol. The number of imidazole rings is 1. The number of hydrogen-bond acceptors (Lipinski definition) is 3. The number of nitrogens with zero attached hydrogens (tertiary/aromatic N) is 3. The third kappa shape index (κ3) is 5.65. The number of nitrogens with one attached hydrogen (secondary N) is 2. The fourth-order valence-corrected chi connectivity index (χ4v) is 3.45. The Balaban J connectivity index is 0.00000256. The first-order chi connectivity index (χ1) is 14.2. The van der Waals surface area contributed by atoms with E-state index in [-0.39, 0.29) is 24.0 Å². The second-order valence-electron chi connectivity index (χ2n) is 7.51. The molecule has 3 aromatic rings. The molecule has 0 amide bonds. The Morgan fingerprint density at radius 1 is 1.13 bits per heavy atom. The van der Waals surface area contributed by atoms with Gasteiger partial charge in [0, 0.05) is 32.2 Å². The Labute approximate surface area is 195 Å². The number of fused-ring (bicyclic) bond motifs is 1. The Bertz CT molecular complexity index is 996. The van der Waals surface area contributed by atoms with Crippen molar-refractivity contribution in [2.45, 2.75) is 32.9 Å². The first-order valence-electron chi connectivity index (χ1n) is 10.3. The number of rotatable bonds is 8.